The van der Waals surface area contributed by atoms with E-state index in [1.54, 1.807) is 19.1 Å². The average molecular weight is 455 g/mol. The number of benzene rings is 2. The van der Waals surface area contributed by atoms with Gasteiger partial charge in [0.1, 0.15) is 5.75 Å². The van der Waals surface area contributed by atoms with E-state index in [4.69, 9.17) is 4.74 Å². The van der Waals surface area contributed by atoms with Crippen LogP contribution in [-0.4, -0.2) is 54.6 Å². The monoisotopic (exact) mass is 454 g/mol. The second kappa shape index (κ2) is 11.4. The van der Waals surface area contributed by atoms with E-state index in [-0.39, 0.29) is 11.8 Å². The van der Waals surface area contributed by atoms with E-state index in [2.05, 4.69) is 0 Å². The molecule has 5 nitrogen and oxygen atoms in total. The molecule has 2 aromatic rings. The van der Waals surface area contributed by atoms with Gasteiger partial charge in [0.2, 0.25) is 5.91 Å². The molecule has 0 radical (unpaired) electrons. The molecule has 0 saturated heterocycles. The van der Waals surface area contributed by atoms with Gasteiger partial charge >= 0.3 is 0 Å². The molecule has 0 spiro atoms. The van der Waals surface area contributed by atoms with Gasteiger partial charge in [0, 0.05) is 37.1 Å². The van der Waals surface area contributed by atoms with Crippen LogP contribution in [0.1, 0.15) is 53.6 Å². The Bertz CT molecular complexity index is 940. The third-order valence-electron chi connectivity index (χ3n) is 6.17. The molecule has 172 valence electrons. The summed E-state index contributed by atoms with van der Waals surface area (Å²) in [5, 5.41) is 0. The SMILES string of the molecule is COc1ccc(C)cc1CN(C)C(=O)c1ccccc1SCC(=O)N(C)C1CCCCC1. The molecule has 32 heavy (non-hydrogen) atoms. The van der Waals surface area contributed by atoms with Crippen molar-refractivity contribution < 1.29 is 14.3 Å². The Balaban J connectivity index is 1.67. The van der Waals surface area contributed by atoms with Gasteiger partial charge in [-0.1, -0.05) is 49.1 Å². The molecule has 0 N–H and O–H groups in total. The van der Waals surface area contributed by atoms with Gasteiger partial charge in [-0.15, -0.1) is 11.8 Å². The maximum absolute atomic E-state index is 13.3. The number of carbonyl (C=O) groups is 2. The minimum absolute atomic E-state index is 0.0651. The predicted molar refractivity (Wildman–Crippen MR) is 130 cm³/mol. The maximum atomic E-state index is 13.3. The minimum atomic E-state index is -0.0651. The van der Waals surface area contributed by atoms with Gasteiger partial charge in [0.25, 0.3) is 5.91 Å². The zero-order valence-electron chi connectivity index (χ0n) is 19.6. The van der Waals surface area contributed by atoms with Crippen molar-refractivity contribution in [1.82, 2.24) is 9.80 Å². The number of nitrogens with zero attached hydrogens (tertiary/aromatic N) is 2. The smallest absolute Gasteiger partial charge is 0.255 e. The van der Waals surface area contributed by atoms with Gasteiger partial charge in [0.15, 0.2) is 0 Å². The molecular weight excluding hydrogens is 420 g/mol. The van der Waals surface area contributed by atoms with Crippen LogP contribution in [0.4, 0.5) is 0 Å². The number of amides is 2. The van der Waals surface area contributed by atoms with Gasteiger partial charge in [-0.25, -0.2) is 0 Å². The number of hydrogen-bond donors (Lipinski definition) is 0. The Labute approximate surface area is 196 Å². The van der Waals surface area contributed by atoms with E-state index in [0.29, 0.717) is 23.9 Å². The van der Waals surface area contributed by atoms with Crippen molar-refractivity contribution in [1.29, 1.82) is 0 Å². The number of carbonyl (C=O) groups excluding carboxylic acids is 2. The molecule has 2 aromatic carbocycles. The van der Waals surface area contributed by atoms with Crippen LogP contribution in [0.3, 0.4) is 0 Å². The average Bonchev–Trinajstić information content (AvgIpc) is 2.82. The van der Waals surface area contributed by atoms with Crippen molar-refractivity contribution in [3.8, 4) is 5.75 Å². The molecule has 0 bridgehead atoms. The predicted octanol–water partition coefficient (Wildman–Crippen LogP) is 5.16. The van der Waals surface area contributed by atoms with Crippen LogP contribution in [0.15, 0.2) is 47.4 Å². The molecule has 0 aliphatic heterocycles. The van der Waals surface area contributed by atoms with Crippen LogP contribution in [0.2, 0.25) is 0 Å². The Morgan fingerprint density at radius 1 is 1.06 bits per heavy atom. The third-order valence-corrected chi connectivity index (χ3v) is 7.23. The Morgan fingerprint density at radius 2 is 1.78 bits per heavy atom. The summed E-state index contributed by atoms with van der Waals surface area (Å²) in [5.41, 5.74) is 2.72. The molecule has 6 heteroatoms. The largest absolute Gasteiger partial charge is 0.496 e. The van der Waals surface area contributed by atoms with E-state index < -0.39 is 0 Å². The molecule has 0 heterocycles. The molecule has 0 atom stereocenters. The first-order valence-corrected chi connectivity index (χ1v) is 12.3. The second-order valence-electron chi connectivity index (χ2n) is 8.56. The molecule has 1 saturated carbocycles. The van der Waals surface area contributed by atoms with Crippen molar-refractivity contribution in [2.45, 2.75) is 56.5 Å². The molecular formula is C26H34N2O3S. The summed E-state index contributed by atoms with van der Waals surface area (Å²) in [4.78, 5) is 30.5. The van der Waals surface area contributed by atoms with Crippen LogP contribution in [0.5, 0.6) is 5.75 Å². The molecule has 3 rings (SSSR count). The number of thioether (sulfide) groups is 1. The standard InChI is InChI=1S/C26H34N2O3S/c1-19-14-15-23(31-4)20(16-19)17-27(2)26(30)22-12-8-9-13-24(22)32-18-25(29)28(3)21-10-6-5-7-11-21/h8-9,12-16,21H,5-7,10-11,17-18H2,1-4H3. The van der Waals surface area contributed by atoms with Crippen LogP contribution in [-0.2, 0) is 11.3 Å². The number of hydrogen-bond acceptors (Lipinski definition) is 4. The number of methoxy groups -OCH3 is 1. The summed E-state index contributed by atoms with van der Waals surface area (Å²) in [6.45, 7) is 2.48. The highest BCUT2D eigenvalue weighted by Gasteiger charge is 2.23. The molecule has 1 aliphatic rings. The van der Waals surface area contributed by atoms with Gasteiger partial charge in [-0.2, -0.15) is 0 Å². The number of rotatable bonds is 8. The fourth-order valence-electron chi connectivity index (χ4n) is 4.25. The minimum Gasteiger partial charge on any atom is -0.496 e. The van der Waals surface area contributed by atoms with Crippen molar-refractivity contribution in [3.05, 3.63) is 59.2 Å². The summed E-state index contributed by atoms with van der Waals surface area (Å²) in [7, 11) is 5.36. The van der Waals surface area contributed by atoms with Crippen molar-refractivity contribution >= 4 is 23.6 Å². The Hall–Kier alpha value is -2.47. The zero-order chi connectivity index (χ0) is 23.1. The first kappa shape index (κ1) is 24.2. The highest BCUT2D eigenvalue weighted by atomic mass is 32.2. The zero-order valence-corrected chi connectivity index (χ0v) is 20.4. The molecule has 1 aliphatic carbocycles. The molecule has 0 aromatic heterocycles. The lowest BCUT2D eigenvalue weighted by atomic mass is 9.94. The topological polar surface area (TPSA) is 49.9 Å². The number of ether oxygens (including phenoxy) is 1. The molecule has 1 fully saturated rings. The quantitative estimate of drug-likeness (QED) is 0.517. The van der Waals surface area contributed by atoms with Crippen LogP contribution in [0.25, 0.3) is 0 Å². The third kappa shape index (κ3) is 6.06. The Morgan fingerprint density at radius 3 is 2.50 bits per heavy atom. The maximum Gasteiger partial charge on any atom is 0.255 e. The van der Waals surface area contributed by atoms with Crippen LogP contribution in [0, 0.1) is 6.92 Å². The first-order chi connectivity index (χ1) is 15.4. The fraction of sp³-hybridized carbons (Fsp3) is 0.462. The van der Waals surface area contributed by atoms with E-state index in [1.807, 2.05) is 61.3 Å². The van der Waals surface area contributed by atoms with Gasteiger partial charge in [-0.3, -0.25) is 9.59 Å². The highest BCUT2D eigenvalue weighted by Crippen LogP contribution is 2.27. The van der Waals surface area contributed by atoms with Gasteiger partial charge in [0.05, 0.1) is 18.4 Å². The normalized spacial score (nSPS) is 14.1. The highest BCUT2D eigenvalue weighted by molar-refractivity contribution is 8.00. The van der Waals surface area contributed by atoms with Crippen molar-refractivity contribution in [2.24, 2.45) is 0 Å². The number of aryl methyl sites for hydroxylation is 1. The fourth-order valence-corrected chi connectivity index (χ4v) is 5.21. The summed E-state index contributed by atoms with van der Waals surface area (Å²) < 4.78 is 5.46. The lowest BCUT2D eigenvalue weighted by Crippen LogP contribution is -2.39. The van der Waals surface area contributed by atoms with E-state index in [0.717, 1.165) is 34.6 Å². The van der Waals surface area contributed by atoms with Gasteiger partial charge < -0.3 is 14.5 Å². The first-order valence-electron chi connectivity index (χ1n) is 11.3. The lowest BCUT2D eigenvalue weighted by molar-refractivity contribution is -0.129. The van der Waals surface area contributed by atoms with Crippen LogP contribution < -0.4 is 4.74 Å². The van der Waals surface area contributed by atoms with Crippen LogP contribution >= 0.6 is 11.8 Å². The summed E-state index contributed by atoms with van der Waals surface area (Å²) >= 11 is 1.45. The van der Waals surface area contributed by atoms with E-state index >= 15 is 0 Å². The Kier molecular flexibility index (Phi) is 8.62. The van der Waals surface area contributed by atoms with E-state index in [1.165, 1.54) is 31.0 Å². The van der Waals surface area contributed by atoms with Crippen molar-refractivity contribution in [3.63, 3.8) is 0 Å². The lowest BCUT2D eigenvalue weighted by Gasteiger charge is -2.31. The second-order valence-corrected chi connectivity index (χ2v) is 9.58. The summed E-state index contributed by atoms with van der Waals surface area (Å²) in [5.74, 6) is 1.17. The van der Waals surface area contributed by atoms with Gasteiger partial charge in [-0.05, 0) is 38.0 Å². The summed E-state index contributed by atoms with van der Waals surface area (Å²) in [6, 6.07) is 13.9. The van der Waals surface area contributed by atoms with Crippen molar-refractivity contribution in [2.75, 3.05) is 27.0 Å². The molecule has 0 unspecified atom stereocenters. The van der Waals surface area contributed by atoms with E-state index in [9.17, 15) is 9.59 Å². The summed E-state index contributed by atoms with van der Waals surface area (Å²) in [6.07, 6.45) is 5.85. The molecule has 2 amide bonds.